The maximum atomic E-state index is 13.0. The Labute approximate surface area is 179 Å². The Morgan fingerprint density at radius 1 is 1.13 bits per heavy atom. The summed E-state index contributed by atoms with van der Waals surface area (Å²) in [6, 6.07) is 14.3. The number of hydrogen-bond donors (Lipinski definition) is 0. The fraction of sp³-hybridized carbons (Fsp3) is 0.375. The maximum Gasteiger partial charge on any atom is 0.264 e. The van der Waals surface area contributed by atoms with E-state index in [1.165, 1.54) is 10.7 Å². The molecule has 0 amide bonds. The number of rotatable bonds is 5. The third-order valence-corrected chi connectivity index (χ3v) is 7.50. The molecule has 1 aliphatic carbocycles. The van der Waals surface area contributed by atoms with Gasteiger partial charge in [-0.25, -0.2) is 13.4 Å². The number of sulfonamides is 1. The highest BCUT2D eigenvalue weighted by molar-refractivity contribution is 7.92. The molecule has 5 nitrogen and oxygen atoms in total. The first kappa shape index (κ1) is 20.7. The standard InChI is InChI=1S/C24H29N3O2S/c1-24(2,3)23-25-21-16-19(26(4)30(28,29)20-12-6-5-7-13-20)14-15-22(21)27(23)17-18-10-8-9-11-18/h5-8,10,12-16,18H,9,11,17H2,1-4H3. The monoisotopic (exact) mass is 423 g/mol. The van der Waals surface area contributed by atoms with Gasteiger partial charge in [-0.05, 0) is 49.1 Å². The molecule has 2 aromatic carbocycles. The zero-order valence-corrected chi connectivity index (χ0v) is 18.9. The normalized spacial score (nSPS) is 17.0. The topological polar surface area (TPSA) is 55.2 Å². The van der Waals surface area contributed by atoms with Crippen molar-refractivity contribution in [3.63, 3.8) is 0 Å². The van der Waals surface area contributed by atoms with E-state index in [0.29, 0.717) is 11.6 Å². The van der Waals surface area contributed by atoms with Crippen molar-refractivity contribution < 1.29 is 8.42 Å². The molecule has 0 N–H and O–H groups in total. The van der Waals surface area contributed by atoms with Crippen LogP contribution in [0.5, 0.6) is 0 Å². The fourth-order valence-electron chi connectivity index (χ4n) is 4.04. The van der Waals surface area contributed by atoms with E-state index in [1.54, 1.807) is 31.3 Å². The molecule has 4 rings (SSSR count). The number of fused-ring (bicyclic) bond motifs is 1. The Morgan fingerprint density at radius 3 is 2.50 bits per heavy atom. The van der Waals surface area contributed by atoms with E-state index in [9.17, 15) is 8.42 Å². The van der Waals surface area contributed by atoms with Gasteiger partial charge in [-0.1, -0.05) is 51.1 Å². The summed E-state index contributed by atoms with van der Waals surface area (Å²) in [6.07, 6.45) is 6.85. The van der Waals surface area contributed by atoms with Crippen molar-refractivity contribution in [3.05, 3.63) is 66.5 Å². The molecule has 0 fully saturated rings. The van der Waals surface area contributed by atoms with Gasteiger partial charge in [0.25, 0.3) is 10.0 Å². The summed E-state index contributed by atoms with van der Waals surface area (Å²) in [7, 11) is -2.03. The van der Waals surface area contributed by atoms with Crippen molar-refractivity contribution in [2.24, 2.45) is 5.92 Å². The van der Waals surface area contributed by atoms with Crippen LogP contribution >= 0.6 is 0 Å². The zero-order valence-electron chi connectivity index (χ0n) is 18.0. The van der Waals surface area contributed by atoms with Crippen LogP contribution in [0.3, 0.4) is 0 Å². The Balaban J connectivity index is 1.76. The first-order valence-corrected chi connectivity index (χ1v) is 11.8. The second-order valence-corrected chi connectivity index (χ2v) is 11.0. The van der Waals surface area contributed by atoms with Crippen LogP contribution in [0.2, 0.25) is 0 Å². The molecule has 1 unspecified atom stereocenters. The van der Waals surface area contributed by atoms with Crippen LogP contribution in [-0.4, -0.2) is 25.0 Å². The van der Waals surface area contributed by atoms with Crippen LogP contribution in [0.25, 0.3) is 11.0 Å². The lowest BCUT2D eigenvalue weighted by atomic mass is 9.95. The average Bonchev–Trinajstić information content (AvgIpc) is 3.36. The Bertz CT molecular complexity index is 1190. The van der Waals surface area contributed by atoms with Gasteiger partial charge in [0, 0.05) is 19.0 Å². The number of hydrogen-bond acceptors (Lipinski definition) is 3. The Hall–Kier alpha value is -2.60. The Kier molecular flexibility index (Phi) is 5.22. The van der Waals surface area contributed by atoms with Crippen molar-refractivity contribution in [2.45, 2.75) is 50.5 Å². The number of benzene rings is 2. The van der Waals surface area contributed by atoms with E-state index in [-0.39, 0.29) is 10.3 Å². The van der Waals surface area contributed by atoms with Crippen LogP contribution < -0.4 is 4.31 Å². The molecule has 0 aliphatic heterocycles. The Morgan fingerprint density at radius 2 is 1.87 bits per heavy atom. The van der Waals surface area contributed by atoms with Crippen molar-refractivity contribution in [1.29, 1.82) is 0 Å². The van der Waals surface area contributed by atoms with Crippen molar-refractivity contribution in [3.8, 4) is 0 Å². The molecule has 1 aromatic heterocycles. The number of aromatic nitrogens is 2. The second kappa shape index (κ2) is 7.58. The van der Waals surface area contributed by atoms with Gasteiger partial charge in [-0.3, -0.25) is 4.31 Å². The van der Waals surface area contributed by atoms with Gasteiger partial charge < -0.3 is 4.57 Å². The molecule has 30 heavy (non-hydrogen) atoms. The maximum absolute atomic E-state index is 13.0. The molecule has 0 saturated heterocycles. The van der Waals surface area contributed by atoms with Gasteiger partial charge in [0.2, 0.25) is 0 Å². The summed E-state index contributed by atoms with van der Waals surface area (Å²) in [5.74, 6) is 1.55. The van der Waals surface area contributed by atoms with Crippen molar-refractivity contribution in [2.75, 3.05) is 11.4 Å². The SMILES string of the molecule is CN(c1ccc2c(c1)nc(C(C)(C)C)n2CC1C=CCC1)S(=O)(=O)c1ccccc1. The van der Waals surface area contributed by atoms with E-state index >= 15 is 0 Å². The minimum atomic E-state index is -3.62. The third kappa shape index (κ3) is 3.76. The lowest BCUT2D eigenvalue weighted by Crippen LogP contribution is -2.26. The molecule has 1 aliphatic rings. The third-order valence-electron chi connectivity index (χ3n) is 5.70. The number of allylic oxidation sites excluding steroid dienone is 2. The van der Waals surface area contributed by atoms with Crippen molar-refractivity contribution >= 4 is 26.7 Å². The predicted molar refractivity (Wildman–Crippen MR) is 122 cm³/mol. The predicted octanol–water partition coefficient (Wildman–Crippen LogP) is 5.13. The minimum absolute atomic E-state index is 0.108. The second-order valence-electron chi connectivity index (χ2n) is 9.02. The summed E-state index contributed by atoms with van der Waals surface area (Å²) in [5, 5.41) is 0. The summed E-state index contributed by atoms with van der Waals surface area (Å²) in [6.45, 7) is 7.41. The highest BCUT2D eigenvalue weighted by atomic mass is 32.2. The molecule has 0 radical (unpaired) electrons. The van der Waals surface area contributed by atoms with Crippen LogP contribution in [0, 0.1) is 5.92 Å². The zero-order chi connectivity index (χ0) is 21.5. The van der Waals surface area contributed by atoms with E-state index < -0.39 is 10.0 Å². The van der Waals surface area contributed by atoms with Gasteiger partial charge in [0.15, 0.2) is 0 Å². The number of nitrogens with zero attached hydrogens (tertiary/aromatic N) is 3. The largest absolute Gasteiger partial charge is 0.327 e. The molecule has 158 valence electrons. The first-order chi connectivity index (χ1) is 14.2. The summed E-state index contributed by atoms with van der Waals surface area (Å²) < 4.78 is 29.7. The molecule has 0 spiro atoms. The fourth-order valence-corrected chi connectivity index (χ4v) is 5.25. The van der Waals surface area contributed by atoms with E-state index in [2.05, 4.69) is 37.5 Å². The quantitative estimate of drug-likeness (QED) is 0.535. The van der Waals surface area contributed by atoms with Gasteiger partial charge in [-0.2, -0.15) is 0 Å². The molecule has 0 bridgehead atoms. The lowest BCUT2D eigenvalue weighted by Gasteiger charge is -2.22. The van der Waals surface area contributed by atoms with Gasteiger partial charge in [0.1, 0.15) is 5.82 Å². The van der Waals surface area contributed by atoms with Crippen LogP contribution in [0.4, 0.5) is 5.69 Å². The van der Waals surface area contributed by atoms with Crippen LogP contribution in [0.1, 0.15) is 39.4 Å². The highest BCUT2D eigenvalue weighted by Gasteiger charge is 2.26. The van der Waals surface area contributed by atoms with Gasteiger partial charge in [-0.15, -0.1) is 0 Å². The van der Waals surface area contributed by atoms with Crippen molar-refractivity contribution in [1.82, 2.24) is 9.55 Å². The molecule has 1 heterocycles. The van der Waals surface area contributed by atoms with Gasteiger partial charge >= 0.3 is 0 Å². The molecule has 0 saturated carbocycles. The van der Waals surface area contributed by atoms with Gasteiger partial charge in [0.05, 0.1) is 21.6 Å². The molecular formula is C24H29N3O2S. The average molecular weight is 424 g/mol. The minimum Gasteiger partial charge on any atom is -0.327 e. The van der Waals surface area contributed by atoms with Crippen LogP contribution in [-0.2, 0) is 22.0 Å². The first-order valence-electron chi connectivity index (χ1n) is 10.4. The number of imidazole rings is 1. The smallest absolute Gasteiger partial charge is 0.264 e. The summed E-state index contributed by atoms with van der Waals surface area (Å²) >= 11 is 0. The molecular weight excluding hydrogens is 394 g/mol. The van der Waals surface area contributed by atoms with E-state index in [1.807, 2.05) is 24.3 Å². The summed E-state index contributed by atoms with van der Waals surface area (Å²) in [5.41, 5.74) is 2.38. The molecule has 3 aromatic rings. The highest BCUT2D eigenvalue weighted by Crippen LogP contribution is 2.32. The summed E-state index contributed by atoms with van der Waals surface area (Å²) in [4.78, 5) is 5.22. The lowest BCUT2D eigenvalue weighted by molar-refractivity contribution is 0.459. The van der Waals surface area contributed by atoms with E-state index in [0.717, 1.165) is 29.8 Å². The number of anilines is 1. The molecule has 1 atom stereocenters. The van der Waals surface area contributed by atoms with E-state index in [4.69, 9.17) is 4.98 Å². The van der Waals surface area contributed by atoms with Crippen LogP contribution in [0.15, 0.2) is 65.6 Å². The molecule has 6 heteroatoms.